The topological polar surface area (TPSA) is 113 Å². The minimum atomic E-state index is -1.49. The summed E-state index contributed by atoms with van der Waals surface area (Å²) in [5.41, 5.74) is 2.14. The molecule has 7 nitrogen and oxygen atoms in total. The highest BCUT2D eigenvalue weighted by Gasteiger charge is 2.75. The van der Waals surface area contributed by atoms with Crippen molar-refractivity contribution in [1.82, 2.24) is 0 Å². The lowest BCUT2D eigenvalue weighted by atomic mass is 9.37. The van der Waals surface area contributed by atoms with Crippen LogP contribution in [0.2, 0.25) is 0 Å². The molecule has 7 aliphatic carbocycles. The molecule has 0 saturated heterocycles. The zero-order valence-corrected chi connectivity index (χ0v) is 44.5. The maximum Gasteiger partial charge on any atom is 0.331 e. The number of carbonyl (C=O) groups excluding carboxylic acids is 2. The number of hydrogen-bond donors (Lipinski definition) is 3. The number of ether oxygens (including phenoxy) is 2. The van der Waals surface area contributed by atoms with E-state index in [0.29, 0.717) is 65.6 Å². The van der Waals surface area contributed by atoms with Crippen LogP contribution in [0, 0.1) is 56.7 Å². The summed E-state index contributed by atoms with van der Waals surface area (Å²) in [5, 5.41) is 40.2. The van der Waals surface area contributed by atoms with Crippen molar-refractivity contribution in [1.29, 1.82) is 0 Å². The summed E-state index contributed by atoms with van der Waals surface area (Å²) >= 11 is 0. The van der Waals surface area contributed by atoms with E-state index in [-0.39, 0.29) is 24.5 Å². The van der Waals surface area contributed by atoms with Gasteiger partial charge >= 0.3 is 11.9 Å². The van der Waals surface area contributed by atoms with Gasteiger partial charge in [-0.2, -0.15) is 0 Å². The number of carbonyl (C=O) groups is 2. The Bertz CT molecular complexity index is 2180. The molecular formula is C64H92O7. The van der Waals surface area contributed by atoms with Crippen molar-refractivity contribution in [3.05, 3.63) is 83.4 Å². The fourth-order valence-corrected chi connectivity index (χ4v) is 19.7. The Morgan fingerprint density at radius 1 is 0.817 bits per heavy atom. The minimum Gasteiger partial charge on any atom is -0.462 e. The summed E-state index contributed by atoms with van der Waals surface area (Å²) in [4.78, 5) is 25.7. The quantitative estimate of drug-likeness (QED) is 0.144. The normalized spacial score (nSPS) is 39.1. The van der Waals surface area contributed by atoms with Crippen molar-refractivity contribution in [3.63, 3.8) is 0 Å². The number of aliphatic hydroxyl groups excluding tert-OH is 2. The number of benzene rings is 2. The highest BCUT2D eigenvalue weighted by Crippen LogP contribution is 2.74. The molecule has 390 valence electrons. The number of aryl methyl sites for hydroxylation is 1. The second-order valence-electron chi connectivity index (χ2n) is 26.8. The first-order chi connectivity index (χ1) is 34.1. The fourth-order valence-electron chi connectivity index (χ4n) is 19.7. The van der Waals surface area contributed by atoms with Crippen LogP contribution in [-0.2, 0) is 30.9 Å². The molecule has 7 heteroatoms. The monoisotopic (exact) mass is 973 g/mol. The largest absolute Gasteiger partial charge is 0.462 e. The van der Waals surface area contributed by atoms with Crippen LogP contribution in [0.15, 0.2) is 72.3 Å². The molecule has 2 aromatic rings. The highest BCUT2D eigenvalue weighted by atomic mass is 16.5. The second-order valence-corrected chi connectivity index (χ2v) is 26.8. The third-order valence-corrected chi connectivity index (χ3v) is 23.0. The first kappa shape index (κ1) is 51.5. The van der Waals surface area contributed by atoms with Gasteiger partial charge in [0.1, 0.15) is 12.7 Å². The van der Waals surface area contributed by atoms with Gasteiger partial charge in [0, 0.05) is 18.9 Å². The summed E-state index contributed by atoms with van der Waals surface area (Å²) < 4.78 is 11.9. The van der Waals surface area contributed by atoms with E-state index < -0.39 is 40.7 Å². The molecule has 2 aromatic carbocycles. The van der Waals surface area contributed by atoms with Gasteiger partial charge in [-0.15, -0.1) is 0 Å². The van der Waals surface area contributed by atoms with Crippen LogP contribution in [0.3, 0.4) is 0 Å². The molecule has 1 heterocycles. The van der Waals surface area contributed by atoms with Crippen molar-refractivity contribution >= 4 is 11.9 Å². The summed E-state index contributed by atoms with van der Waals surface area (Å²) in [6.07, 6.45) is 29.8. The van der Waals surface area contributed by atoms with E-state index in [1.807, 2.05) is 6.92 Å². The van der Waals surface area contributed by atoms with Gasteiger partial charge in [0.2, 0.25) is 0 Å². The van der Waals surface area contributed by atoms with Gasteiger partial charge in [-0.1, -0.05) is 114 Å². The van der Waals surface area contributed by atoms with Crippen LogP contribution < -0.4 is 0 Å². The van der Waals surface area contributed by atoms with Crippen LogP contribution in [0.25, 0.3) is 0 Å². The average Bonchev–Trinajstić information content (AvgIpc) is 4.22. The van der Waals surface area contributed by atoms with Crippen molar-refractivity contribution in [2.24, 2.45) is 56.7 Å². The third kappa shape index (κ3) is 9.46. The molecule has 0 bridgehead atoms. The van der Waals surface area contributed by atoms with Crippen LogP contribution in [0.1, 0.15) is 212 Å². The van der Waals surface area contributed by atoms with Crippen LogP contribution in [-0.4, -0.2) is 57.8 Å². The number of cyclic esters (lactones) is 1. The molecule has 3 spiro atoms. The molecule has 0 amide bonds. The van der Waals surface area contributed by atoms with Gasteiger partial charge in [0.15, 0.2) is 0 Å². The van der Waals surface area contributed by atoms with Gasteiger partial charge in [-0.25, -0.2) is 4.79 Å². The summed E-state index contributed by atoms with van der Waals surface area (Å²) in [6.45, 7) is 8.45. The smallest absolute Gasteiger partial charge is 0.331 e. The molecule has 11 unspecified atom stereocenters. The SMILES string of the molecule is CC(=O)OC1CC(C)C(O)(CCC2=CC(=O)OC2)C2(C(O)CCC(C)CCCc3ccccc3)C(O)CCC(C)(C3CCC4(CC3)CC(CC3(c5ccccc5)CCCC3)C3(CCC5(CCCC5)C3)C4)C12. The molecule has 0 aromatic heterocycles. The van der Waals surface area contributed by atoms with Crippen LogP contribution in [0.4, 0.5) is 0 Å². The van der Waals surface area contributed by atoms with E-state index in [4.69, 9.17) is 9.47 Å². The van der Waals surface area contributed by atoms with Crippen molar-refractivity contribution in [2.75, 3.05) is 6.61 Å². The Hall–Kier alpha value is -3.00. The number of aliphatic hydroxyl groups is 3. The molecule has 71 heavy (non-hydrogen) atoms. The van der Waals surface area contributed by atoms with Crippen molar-refractivity contribution in [2.45, 2.75) is 237 Å². The maximum atomic E-state index is 13.9. The van der Waals surface area contributed by atoms with Crippen LogP contribution in [0.5, 0.6) is 0 Å². The summed E-state index contributed by atoms with van der Waals surface area (Å²) in [6, 6.07) is 22.3. The zero-order valence-electron chi connectivity index (χ0n) is 44.5. The molecule has 0 radical (unpaired) electrons. The second kappa shape index (κ2) is 20.3. The van der Waals surface area contributed by atoms with E-state index in [2.05, 4.69) is 74.5 Å². The van der Waals surface area contributed by atoms with Gasteiger partial charge in [-0.05, 0) is 215 Å². The standard InChI is InChI=1S/C64H92O7/c1-45(16-15-19-48-17-7-5-8-18-48)22-23-54(66)64-55(67)27-32-58(4,57(64)53(71-47(3)65)38-46(2)63(64,69)35-24-49-39-56(68)70-42-49)50-25-33-60(34-26-50)40-52(62(44-60)37-36-59(43-62)28-11-12-29-59)41-61(30-13-14-31-61)51-20-9-6-10-21-51/h5-10,17-18,20-21,39,45-46,50,52-55,57,66-67,69H,11-16,19,22-38,40-44H2,1-4H3. The Morgan fingerprint density at radius 2 is 1.49 bits per heavy atom. The molecule has 11 atom stereocenters. The average molecular weight is 973 g/mol. The molecule has 3 N–H and O–H groups in total. The van der Waals surface area contributed by atoms with Gasteiger partial charge < -0.3 is 24.8 Å². The Balaban J connectivity index is 0.954. The highest BCUT2D eigenvalue weighted by molar-refractivity contribution is 5.85. The number of esters is 2. The fraction of sp³-hybridized carbons (Fsp3) is 0.750. The summed E-state index contributed by atoms with van der Waals surface area (Å²) in [7, 11) is 0. The molecule has 7 fully saturated rings. The first-order valence-corrected chi connectivity index (χ1v) is 29.3. The predicted molar refractivity (Wildman–Crippen MR) is 281 cm³/mol. The number of fused-ring (bicyclic) bond motifs is 1. The Morgan fingerprint density at radius 3 is 2.17 bits per heavy atom. The molecule has 7 saturated carbocycles. The van der Waals surface area contributed by atoms with E-state index in [0.717, 1.165) is 56.4 Å². The zero-order chi connectivity index (χ0) is 49.7. The molecular weight excluding hydrogens is 881 g/mol. The van der Waals surface area contributed by atoms with E-state index in [1.165, 1.54) is 115 Å². The van der Waals surface area contributed by atoms with Crippen LogP contribution >= 0.6 is 0 Å². The third-order valence-electron chi connectivity index (χ3n) is 23.0. The predicted octanol–water partition coefficient (Wildman–Crippen LogP) is 13.7. The van der Waals surface area contributed by atoms with E-state index in [1.54, 1.807) is 11.6 Å². The number of rotatable bonds is 16. The Kier molecular flexibility index (Phi) is 14.7. The summed E-state index contributed by atoms with van der Waals surface area (Å²) in [5.74, 6) is -0.130. The lowest BCUT2D eigenvalue weighted by Crippen LogP contribution is -2.77. The van der Waals surface area contributed by atoms with Gasteiger partial charge in [-0.3, -0.25) is 4.79 Å². The van der Waals surface area contributed by atoms with E-state index in [9.17, 15) is 24.9 Å². The van der Waals surface area contributed by atoms with Gasteiger partial charge in [0.05, 0.1) is 23.2 Å². The van der Waals surface area contributed by atoms with Crippen molar-refractivity contribution in [3.8, 4) is 0 Å². The number of hydrogen-bond acceptors (Lipinski definition) is 7. The van der Waals surface area contributed by atoms with Gasteiger partial charge in [0.25, 0.3) is 0 Å². The molecule has 10 rings (SSSR count). The Labute approximate surface area is 428 Å². The molecule has 8 aliphatic rings. The van der Waals surface area contributed by atoms with E-state index >= 15 is 0 Å². The molecule has 1 aliphatic heterocycles. The maximum absolute atomic E-state index is 13.9. The lowest BCUT2D eigenvalue weighted by molar-refractivity contribution is -0.327. The minimum absolute atomic E-state index is 0.208. The lowest BCUT2D eigenvalue weighted by Gasteiger charge is -2.70. The van der Waals surface area contributed by atoms with Crippen molar-refractivity contribution < 1.29 is 34.4 Å². The first-order valence-electron chi connectivity index (χ1n) is 29.3.